The summed E-state index contributed by atoms with van der Waals surface area (Å²) >= 11 is 2.07. The summed E-state index contributed by atoms with van der Waals surface area (Å²) < 4.78 is 5.19. The molecule has 0 amide bonds. The predicted octanol–water partition coefficient (Wildman–Crippen LogP) is 2.70. The highest BCUT2D eigenvalue weighted by molar-refractivity contribution is 7.99. The number of hydrogen-bond donors (Lipinski definition) is 1. The minimum Gasteiger partial charge on any atom is -0.361 e. The van der Waals surface area contributed by atoms with E-state index in [4.69, 9.17) is 4.52 Å². The summed E-state index contributed by atoms with van der Waals surface area (Å²) in [7, 11) is 0. The zero-order chi connectivity index (χ0) is 11.5. The Kier molecular flexibility index (Phi) is 3.92. The van der Waals surface area contributed by atoms with E-state index in [-0.39, 0.29) is 0 Å². The average molecular weight is 240 g/mol. The SMILES string of the molecule is Cc1noc(C)c1C(C)NCC1CCSC1. The van der Waals surface area contributed by atoms with Crippen molar-refractivity contribution in [2.24, 2.45) is 5.92 Å². The van der Waals surface area contributed by atoms with E-state index in [1.54, 1.807) is 0 Å². The van der Waals surface area contributed by atoms with Crippen LogP contribution in [-0.4, -0.2) is 23.2 Å². The minimum absolute atomic E-state index is 0.344. The first-order valence-corrected chi connectivity index (χ1v) is 7.08. The molecule has 3 nitrogen and oxygen atoms in total. The molecule has 1 aromatic rings. The number of nitrogens with one attached hydrogen (secondary N) is 1. The van der Waals surface area contributed by atoms with Gasteiger partial charge in [-0.05, 0) is 51.2 Å². The van der Waals surface area contributed by atoms with E-state index >= 15 is 0 Å². The standard InChI is InChI=1S/C12H20N2OS/c1-8(12-9(2)14-15-10(12)3)13-6-11-4-5-16-7-11/h8,11,13H,4-7H2,1-3H3. The van der Waals surface area contributed by atoms with Crippen molar-refractivity contribution in [1.29, 1.82) is 0 Å². The highest BCUT2D eigenvalue weighted by Crippen LogP contribution is 2.25. The second-order valence-electron chi connectivity index (χ2n) is 4.60. The maximum absolute atomic E-state index is 5.19. The van der Waals surface area contributed by atoms with E-state index in [9.17, 15) is 0 Å². The molecule has 1 saturated heterocycles. The van der Waals surface area contributed by atoms with Crippen molar-refractivity contribution in [3.63, 3.8) is 0 Å². The quantitative estimate of drug-likeness (QED) is 0.878. The molecule has 4 heteroatoms. The lowest BCUT2D eigenvalue weighted by Crippen LogP contribution is -2.26. The smallest absolute Gasteiger partial charge is 0.138 e. The van der Waals surface area contributed by atoms with Gasteiger partial charge in [-0.3, -0.25) is 0 Å². The van der Waals surface area contributed by atoms with Crippen LogP contribution in [0.25, 0.3) is 0 Å². The van der Waals surface area contributed by atoms with Crippen molar-refractivity contribution < 1.29 is 4.52 Å². The van der Waals surface area contributed by atoms with Crippen LogP contribution in [0.15, 0.2) is 4.52 Å². The molecular weight excluding hydrogens is 220 g/mol. The number of aromatic nitrogens is 1. The largest absolute Gasteiger partial charge is 0.361 e. The Bertz CT molecular complexity index is 325. The number of thioether (sulfide) groups is 1. The number of aryl methyl sites for hydroxylation is 2. The van der Waals surface area contributed by atoms with Crippen LogP contribution >= 0.6 is 11.8 Å². The van der Waals surface area contributed by atoms with Gasteiger partial charge in [0.05, 0.1) is 5.69 Å². The summed E-state index contributed by atoms with van der Waals surface area (Å²) in [4.78, 5) is 0. The van der Waals surface area contributed by atoms with Crippen molar-refractivity contribution in [2.75, 3.05) is 18.1 Å². The van der Waals surface area contributed by atoms with E-state index in [1.807, 2.05) is 13.8 Å². The lowest BCUT2D eigenvalue weighted by atomic mass is 10.0. The molecule has 1 aliphatic rings. The summed E-state index contributed by atoms with van der Waals surface area (Å²) in [5.74, 6) is 4.42. The van der Waals surface area contributed by atoms with Crippen LogP contribution in [0.1, 0.15) is 36.4 Å². The van der Waals surface area contributed by atoms with Crippen LogP contribution in [0.2, 0.25) is 0 Å². The minimum atomic E-state index is 0.344. The van der Waals surface area contributed by atoms with Gasteiger partial charge in [-0.1, -0.05) is 5.16 Å². The van der Waals surface area contributed by atoms with Crippen molar-refractivity contribution in [1.82, 2.24) is 10.5 Å². The fraction of sp³-hybridized carbons (Fsp3) is 0.750. The first-order valence-electron chi connectivity index (χ1n) is 5.92. The van der Waals surface area contributed by atoms with Crippen molar-refractivity contribution in [3.8, 4) is 0 Å². The van der Waals surface area contributed by atoms with Gasteiger partial charge < -0.3 is 9.84 Å². The van der Waals surface area contributed by atoms with Crippen LogP contribution in [-0.2, 0) is 0 Å². The van der Waals surface area contributed by atoms with Gasteiger partial charge >= 0.3 is 0 Å². The normalized spacial score (nSPS) is 22.6. The lowest BCUT2D eigenvalue weighted by molar-refractivity contribution is 0.389. The van der Waals surface area contributed by atoms with Gasteiger partial charge in [-0.2, -0.15) is 11.8 Å². The molecule has 1 aliphatic heterocycles. The highest BCUT2D eigenvalue weighted by atomic mass is 32.2. The molecule has 0 spiro atoms. The van der Waals surface area contributed by atoms with Gasteiger partial charge in [-0.25, -0.2) is 0 Å². The van der Waals surface area contributed by atoms with Gasteiger partial charge in [-0.15, -0.1) is 0 Å². The van der Waals surface area contributed by atoms with Crippen LogP contribution < -0.4 is 5.32 Å². The monoisotopic (exact) mass is 240 g/mol. The number of nitrogens with zero attached hydrogens (tertiary/aromatic N) is 1. The van der Waals surface area contributed by atoms with Gasteiger partial charge in [0.1, 0.15) is 5.76 Å². The number of hydrogen-bond acceptors (Lipinski definition) is 4. The Morgan fingerprint density at radius 1 is 1.56 bits per heavy atom. The van der Waals surface area contributed by atoms with E-state index in [0.717, 1.165) is 23.9 Å². The topological polar surface area (TPSA) is 38.1 Å². The molecule has 90 valence electrons. The third-order valence-corrected chi connectivity index (χ3v) is 4.49. The van der Waals surface area contributed by atoms with Crippen LogP contribution in [0, 0.1) is 19.8 Å². The Balaban J connectivity index is 1.89. The highest BCUT2D eigenvalue weighted by Gasteiger charge is 2.19. The zero-order valence-electron chi connectivity index (χ0n) is 10.2. The Morgan fingerprint density at radius 3 is 2.94 bits per heavy atom. The predicted molar refractivity (Wildman–Crippen MR) is 67.8 cm³/mol. The van der Waals surface area contributed by atoms with Crippen LogP contribution in [0.4, 0.5) is 0 Å². The molecule has 2 unspecified atom stereocenters. The van der Waals surface area contributed by atoms with Crippen molar-refractivity contribution in [2.45, 2.75) is 33.2 Å². The Hall–Kier alpha value is -0.480. The second-order valence-corrected chi connectivity index (χ2v) is 5.75. The second kappa shape index (κ2) is 5.23. The van der Waals surface area contributed by atoms with E-state index in [1.165, 1.54) is 23.5 Å². The fourth-order valence-corrected chi connectivity index (χ4v) is 3.58. The fourth-order valence-electron chi connectivity index (χ4n) is 2.30. The summed E-state index contributed by atoms with van der Waals surface area (Å²) in [6.07, 6.45) is 1.35. The molecule has 0 aliphatic carbocycles. The van der Waals surface area contributed by atoms with Gasteiger partial charge in [0, 0.05) is 11.6 Å². The Labute approximate surface area is 101 Å². The molecule has 2 atom stereocenters. The maximum atomic E-state index is 5.19. The molecule has 2 heterocycles. The zero-order valence-corrected chi connectivity index (χ0v) is 11.1. The maximum Gasteiger partial charge on any atom is 0.138 e. The van der Waals surface area contributed by atoms with Gasteiger partial charge in [0.2, 0.25) is 0 Å². The lowest BCUT2D eigenvalue weighted by Gasteiger charge is -2.16. The third kappa shape index (κ3) is 2.61. The molecule has 16 heavy (non-hydrogen) atoms. The molecular formula is C12H20N2OS. The first kappa shape index (κ1) is 12.0. The van der Waals surface area contributed by atoms with Crippen LogP contribution in [0.3, 0.4) is 0 Å². The van der Waals surface area contributed by atoms with E-state index in [0.29, 0.717) is 6.04 Å². The number of rotatable bonds is 4. The molecule has 1 N–H and O–H groups in total. The Morgan fingerprint density at radius 2 is 2.38 bits per heavy atom. The van der Waals surface area contributed by atoms with Gasteiger partial charge in [0.25, 0.3) is 0 Å². The molecule has 2 rings (SSSR count). The summed E-state index contributed by atoms with van der Waals surface area (Å²) in [6, 6.07) is 0.344. The molecule has 0 aromatic carbocycles. The van der Waals surface area contributed by atoms with Crippen molar-refractivity contribution >= 4 is 11.8 Å². The summed E-state index contributed by atoms with van der Waals surface area (Å²) in [6.45, 7) is 7.29. The molecule has 1 fully saturated rings. The first-order chi connectivity index (χ1) is 7.68. The van der Waals surface area contributed by atoms with E-state index < -0.39 is 0 Å². The molecule has 0 radical (unpaired) electrons. The average Bonchev–Trinajstić information content (AvgIpc) is 2.86. The molecule has 0 saturated carbocycles. The molecule has 1 aromatic heterocycles. The summed E-state index contributed by atoms with van der Waals surface area (Å²) in [5, 5.41) is 7.59. The summed E-state index contributed by atoms with van der Waals surface area (Å²) in [5.41, 5.74) is 2.24. The van der Waals surface area contributed by atoms with Crippen LogP contribution in [0.5, 0.6) is 0 Å². The van der Waals surface area contributed by atoms with E-state index in [2.05, 4.69) is 29.2 Å². The third-order valence-electron chi connectivity index (χ3n) is 3.26. The van der Waals surface area contributed by atoms with Gasteiger partial charge in [0.15, 0.2) is 0 Å². The molecule has 0 bridgehead atoms. The van der Waals surface area contributed by atoms with Crippen molar-refractivity contribution in [3.05, 3.63) is 17.0 Å².